The number of carbonyl (C=O) groups is 3. The van der Waals surface area contributed by atoms with Crippen molar-refractivity contribution in [2.24, 2.45) is 5.92 Å². The third-order valence-corrected chi connectivity index (χ3v) is 6.79. The second kappa shape index (κ2) is 7.99. The number of benzene rings is 1. The SMILES string of the molecule is CC1(C2CCN(C(=O)c3cc(F)c(F)cc3F)CC2)NC(=O)N(Cc2ccsc2)C1=O. The second-order valence-corrected chi connectivity index (χ2v) is 8.75. The molecule has 2 aliphatic heterocycles. The molecule has 1 aromatic heterocycles. The second-order valence-electron chi connectivity index (χ2n) is 7.97. The highest BCUT2D eigenvalue weighted by molar-refractivity contribution is 7.07. The van der Waals surface area contributed by atoms with E-state index in [1.165, 1.54) is 21.1 Å². The van der Waals surface area contributed by atoms with Crippen molar-refractivity contribution in [2.75, 3.05) is 13.1 Å². The number of urea groups is 1. The van der Waals surface area contributed by atoms with Crippen molar-refractivity contribution in [1.29, 1.82) is 0 Å². The molecule has 1 aromatic carbocycles. The minimum absolute atomic E-state index is 0.191. The highest BCUT2D eigenvalue weighted by Crippen LogP contribution is 2.34. The number of amides is 4. The molecule has 0 aliphatic carbocycles. The van der Waals surface area contributed by atoms with Crippen LogP contribution in [-0.4, -0.2) is 46.3 Å². The number of carbonyl (C=O) groups excluding carboxylic acids is 3. The van der Waals surface area contributed by atoms with Gasteiger partial charge in [-0.05, 0) is 54.1 Å². The average Bonchev–Trinajstić information content (AvgIpc) is 3.33. The summed E-state index contributed by atoms with van der Waals surface area (Å²) in [6.45, 7) is 2.27. The Hall–Kier alpha value is -2.88. The summed E-state index contributed by atoms with van der Waals surface area (Å²) in [6, 6.07) is 2.30. The normalized spacial score (nSPS) is 22.2. The van der Waals surface area contributed by atoms with E-state index in [9.17, 15) is 27.6 Å². The van der Waals surface area contributed by atoms with Gasteiger partial charge in [-0.15, -0.1) is 0 Å². The molecule has 4 rings (SSSR count). The predicted molar refractivity (Wildman–Crippen MR) is 107 cm³/mol. The molecule has 6 nitrogen and oxygen atoms in total. The van der Waals surface area contributed by atoms with Crippen LogP contribution in [-0.2, 0) is 11.3 Å². The van der Waals surface area contributed by atoms with Crippen molar-refractivity contribution in [3.63, 3.8) is 0 Å². The number of likely N-dealkylation sites (tertiary alicyclic amines) is 1. The van der Waals surface area contributed by atoms with Crippen LogP contribution in [0.4, 0.5) is 18.0 Å². The third kappa shape index (κ3) is 3.80. The maximum absolute atomic E-state index is 14.0. The molecule has 2 aliphatic rings. The van der Waals surface area contributed by atoms with Gasteiger partial charge in [-0.1, -0.05) is 0 Å². The quantitative estimate of drug-likeness (QED) is 0.571. The molecule has 0 spiro atoms. The van der Waals surface area contributed by atoms with E-state index in [-0.39, 0.29) is 31.5 Å². The van der Waals surface area contributed by atoms with Crippen molar-refractivity contribution in [1.82, 2.24) is 15.1 Å². The van der Waals surface area contributed by atoms with Gasteiger partial charge in [0.25, 0.3) is 11.8 Å². The van der Waals surface area contributed by atoms with Gasteiger partial charge in [0.2, 0.25) is 0 Å². The van der Waals surface area contributed by atoms with Crippen LogP contribution in [0, 0.1) is 23.4 Å². The fourth-order valence-electron chi connectivity index (χ4n) is 4.22. The van der Waals surface area contributed by atoms with Gasteiger partial charge in [-0.3, -0.25) is 14.5 Å². The predicted octanol–water partition coefficient (Wildman–Crippen LogP) is 3.53. The number of hydrogen-bond acceptors (Lipinski definition) is 4. The molecule has 10 heteroatoms. The summed E-state index contributed by atoms with van der Waals surface area (Å²) >= 11 is 1.48. The molecule has 1 unspecified atom stereocenters. The topological polar surface area (TPSA) is 69.7 Å². The van der Waals surface area contributed by atoms with Crippen LogP contribution in [0.3, 0.4) is 0 Å². The minimum atomic E-state index is -1.36. The standard InChI is InChI=1S/C21H20F3N3O3S/c1-21(19(29)27(20(30)25-21)10-12-4-7-31-11-12)13-2-5-26(6-3-13)18(28)14-8-16(23)17(24)9-15(14)22/h4,7-9,11,13H,2-3,5-6,10H2,1H3,(H,25,30). The number of thiophene rings is 1. The lowest BCUT2D eigenvalue weighted by molar-refractivity contribution is -0.133. The Morgan fingerprint density at radius 2 is 1.84 bits per heavy atom. The molecule has 31 heavy (non-hydrogen) atoms. The minimum Gasteiger partial charge on any atom is -0.339 e. The number of halogens is 3. The number of imide groups is 1. The van der Waals surface area contributed by atoms with Gasteiger partial charge >= 0.3 is 6.03 Å². The lowest BCUT2D eigenvalue weighted by Gasteiger charge is -2.39. The Labute approximate surface area is 180 Å². The Morgan fingerprint density at radius 1 is 1.16 bits per heavy atom. The first-order valence-corrected chi connectivity index (χ1v) is 10.7. The first kappa shape index (κ1) is 21.4. The maximum atomic E-state index is 14.0. The van der Waals surface area contributed by atoms with Gasteiger partial charge in [0.05, 0.1) is 12.1 Å². The zero-order chi connectivity index (χ0) is 22.3. The monoisotopic (exact) mass is 451 g/mol. The van der Waals surface area contributed by atoms with E-state index in [0.717, 1.165) is 5.56 Å². The van der Waals surface area contributed by atoms with Gasteiger partial charge in [0.1, 0.15) is 11.4 Å². The molecule has 0 bridgehead atoms. The van der Waals surface area contributed by atoms with Crippen LogP contribution in [0.2, 0.25) is 0 Å². The lowest BCUT2D eigenvalue weighted by atomic mass is 9.78. The van der Waals surface area contributed by atoms with Crippen molar-refractivity contribution >= 4 is 29.2 Å². The van der Waals surface area contributed by atoms with E-state index >= 15 is 0 Å². The van der Waals surface area contributed by atoms with E-state index in [0.29, 0.717) is 25.0 Å². The first-order chi connectivity index (χ1) is 14.7. The Morgan fingerprint density at radius 3 is 2.48 bits per heavy atom. The number of nitrogens with one attached hydrogen (secondary N) is 1. The van der Waals surface area contributed by atoms with Crippen LogP contribution >= 0.6 is 11.3 Å². The molecule has 2 fully saturated rings. The van der Waals surface area contributed by atoms with E-state index in [2.05, 4.69) is 5.32 Å². The van der Waals surface area contributed by atoms with Crippen molar-refractivity contribution in [3.8, 4) is 0 Å². The number of hydrogen-bond donors (Lipinski definition) is 1. The number of nitrogens with zero attached hydrogens (tertiary/aromatic N) is 2. The highest BCUT2D eigenvalue weighted by atomic mass is 32.1. The summed E-state index contributed by atoms with van der Waals surface area (Å²) in [5, 5.41) is 6.54. The van der Waals surface area contributed by atoms with Crippen molar-refractivity contribution in [3.05, 3.63) is 57.5 Å². The largest absolute Gasteiger partial charge is 0.339 e. The molecule has 164 valence electrons. The summed E-state index contributed by atoms with van der Waals surface area (Å²) < 4.78 is 40.6. The van der Waals surface area contributed by atoms with E-state index in [4.69, 9.17) is 0 Å². The molecule has 4 amide bonds. The van der Waals surface area contributed by atoms with Crippen LogP contribution in [0.1, 0.15) is 35.7 Å². The van der Waals surface area contributed by atoms with Gasteiger partial charge in [-0.2, -0.15) is 11.3 Å². The van der Waals surface area contributed by atoms with E-state index < -0.39 is 40.5 Å². The molecule has 1 atom stereocenters. The molecule has 3 heterocycles. The zero-order valence-electron chi connectivity index (χ0n) is 16.7. The Bertz CT molecular complexity index is 1040. The van der Waals surface area contributed by atoms with Gasteiger partial charge in [0.15, 0.2) is 11.6 Å². The molecular weight excluding hydrogens is 431 g/mol. The first-order valence-electron chi connectivity index (χ1n) is 9.79. The third-order valence-electron chi connectivity index (χ3n) is 6.06. The smallest absolute Gasteiger partial charge is 0.325 e. The number of piperidine rings is 1. The van der Waals surface area contributed by atoms with Crippen molar-refractivity contribution in [2.45, 2.75) is 31.8 Å². The molecule has 2 saturated heterocycles. The molecule has 2 aromatic rings. The molecular formula is C21H20F3N3O3S. The van der Waals surface area contributed by atoms with Crippen LogP contribution in [0.25, 0.3) is 0 Å². The zero-order valence-corrected chi connectivity index (χ0v) is 17.5. The summed E-state index contributed by atoms with van der Waals surface area (Å²) in [5.41, 5.74) is -0.766. The summed E-state index contributed by atoms with van der Waals surface area (Å²) in [6.07, 6.45) is 0.789. The van der Waals surface area contributed by atoms with Gasteiger partial charge < -0.3 is 10.2 Å². The molecule has 0 radical (unpaired) electrons. The summed E-state index contributed by atoms with van der Waals surface area (Å²) in [7, 11) is 0. The van der Waals surface area contributed by atoms with Gasteiger partial charge in [-0.25, -0.2) is 18.0 Å². The molecule has 0 saturated carbocycles. The fraction of sp³-hybridized carbons (Fsp3) is 0.381. The summed E-state index contributed by atoms with van der Waals surface area (Å²) in [4.78, 5) is 40.6. The lowest BCUT2D eigenvalue weighted by Crippen LogP contribution is -2.54. The van der Waals surface area contributed by atoms with Crippen LogP contribution < -0.4 is 5.32 Å². The van der Waals surface area contributed by atoms with E-state index in [1.807, 2.05) is 16.8 Å². The highest BCUT2D eigenvalue weighted by Gasteiger charge is 2.52. The number of rotatable bonds is 4. The Kier molecular flexibility index (Phi) is 5.50. The Balaban J connectivity index is 1.43. The van der Waals surface area contributed by atoms with Crippen LogP contribution in [0.15, 0.2) is 29.0 Å². The van der Waals surface area contributed by atoms with Gasteiger partial charge in [0, 0.05) is 19.2 Å². The van der Waals surface area contributed by atoms with E-state index in [1.54, 1.807) is 6.92 Å². The average molecular weight is 451 g/mol. The summed E-state index contributed by atoms with van der Waals surface area (Å²) in [5.74, 6) is -5.06. The maximum Gasteiger partial charge on any atom is 0.325 e. The van der Waals surface area contributed by atoms with Crippen molar-refractivity contribution < 1.29 is 27.6 Å². The fourth-order valence-corrected chi connectivity index (χ4v) is 4.88. The van der Waals surface area contributed by atoms with Crippen LogP contribution in [0.5, 0.6) is 0 Å². The molecule has 1 N–H and O–H groups in total.